The summed E-state index contributed by atoms with van der Waals surface area (Å²) in [5, 5.41) is 7.58. The fourth-order valence-corrected chi connectivity index (χ4v) is 2.35. The highest BCUT2D eigenvalue weighted by molar-refractivity contribution is 6.35. The quantitative estimate of drug-likeness (QED) is 0.760. The first-order valence-electron chi connectivity index (χ1n) is 6.60. The van der Waals surface area contributed by atoms with Crippen molar-refractivity contribution in [2.24, 2.45) is 0 Å². The minimum absolute atomic E-state index is 0.153. The molecule has 0 aliphatic heterocycles. The van der Waals surface area contributed by atoms with Crippen LogP contribution in [0, 0.1) is 0 Å². The van der Waals surface area contributed by atoms with E-state index in [0.29, 0.717) is 29.1 Å². The predicted octanol–water partition coefficient (Wildman–Crippen LogP) is 3.14. The summed E-state index contributed by atoms with van der Waals surface area (Å²) in [4.78, 5) is 11.5. The summed E-state index contributed by atoms with van der Waals surface area (Å²) in [6.45, 7) is 1.41. The third kappa shape index (κ3) is 5.01. The number of carbonyl (C=O) groups is 1. The lowest BCUT2D eigenvalue weighted by Crippen LogP contribution is -2.26. The van der Waals surface area contributed by atoms with Crippen molar-refractivity contribution in [1.29, 1.82) is 0 Å². The number of benzene rings is 1. The summed E-state index contributed by atoms with van der Waals surface area (Å²) >= 11 is 12.1. The number of hydrogen-bond donors (Lipinski definition) is 2. The molecular formula is C14H18Cl2N2O. The summed E-state index contributed by atoms with van der Waals surface area (Å²) in [6.07, 6.45) is 3.66. The molecule has 2 N–H and O–H groups in total. The van der Waals surface area contributed by atoms with Gasteiger partial charge in [-0.2, -0.15) is 0 Å². The fraction of sp³-hybridized carbons (Fsp3) is 0.500. The largest absolute Gasteiger partial charge is 0.353 e. The molecule has 0 aromatic heterocycles. The van der Waals surface area contributed by atoms with Crippen molar-refractivity contribution in [2.45, 2.75) is 38.3 Å². The normalized spacial score (nSPS) is 14.4. The molecule has 0 bridgehead atoms. The Morgan fingerprint density at radius 3 is 2.58 bits per heavy atom. The van der Waals surface area contributed by atoms with E-state index in [0.717, 1.165) is 31.4 Å². The van der Waals surface area contributed by atoms with Crippen LogP contribution >= 0.6 is 23.2 Å². The van der Waals surface area contributed by atoms with Crippen LogP contribution in [0.5, 0.6) is 0 Å². The Balaban J connectivity index is 1.62. The third-order valence-electron chi connectivity index (χ3n) is 3.06. The molecule has 1 saturated carbocycles. The van der Waals surface area contributed by atoms with Crippen molar-refractivity contribution < 1.29 is 4.79 Å². The first-order valence-corrected chi connectivity index (χ1v) is 7.35. The van der Waals surface area contributed by atoms with Gasteiger partial charge < -0.3 is 10.6 Å². The molecule has 0 atom stereocenters. The lowest BCUT2D eigenvalue weighted by Gasteiger charge is -2.08. The smallest absolute Gasteiger partial charge is 0.220 e. The first kappa shape index (κ1) is 14.6. The molecule has 1 aromatic rings. The van der Waals surface area contributed by atoms with E-state index in [1.165, 1.54) is 0 Å². The van der Waals surface area contributed by atoms with Crippen molar-refractivity contribution in [3.05, 3.63) is 33.8 Å². The highest BCUT2D eigenvalue weighted by atomic mass is 35.5. The van der Waals surface area contributed by atoms with E-state index < -0.39 is 0 Å². The molecule has 0 unspecified atom stereocenters. The molecule has 19 heavy (non-hydrogen) atoms. The van der Waals surface area contributed by atoms with Gasteiger partial charge in [-0.1, -0.05) is 29.3 Å². The summed E-state index contributed by atoms with van der Waals surface area (Å²) < 4.78 is 0. The molecule has 2 rings (SSSR count). The predicted molar refractivity (Wildman–Crippen MR) is 78.6 cm³/mol. The van der Waals surface area contributed by atoms with E-state index in [1.54, 1.807) is 0 Å². The average molecular weight is 301 g/mol. The van der Waals surface area contributed by atoms with Crippen molar-refractivity contribution in [1.82, 2.24) is 10.6 Å². The number of carbonyl (C=O) groups excluding carboxylic acids is 1. The highest BCUT2D eigenvalue weighted by Crippen LogP contribution is 2.23. The molecule has 5 heteroatoms. The molecule has 1 aliphatic rings. The molecular weight excluding hydrogens is 283 g/mol. The van der Waals surface area contributed by atoms with Crippen LogP contribution in [0.1, 0.15) is 31.2 Å². The molecule has 1 fully saturated rings. The monoisotopic (exact) mass is 300 g/mol. The van der Waals surface area contributed by atoms with Gasteiger partial charge in [-0.05, 0) is 37.9 Å². The van der Waals surface area contributed by atoms with E-state index in [4.69, 9.17) is 23.2 Å². The van der Waals surface area contributed by atoms with Gasteiger partial charge in [-0.3, -0.25) is 4.79 Å². The first-order chi connectivity index (χ1) is 9.16. The van der Waals surface area contributed by atoms with Gasteiger partial charge in [0.1, 0.15) is 0 Å². The maximum atomic E-state index is 11.5. The summed E-state index contributed by atoms with van der Waals surface area (Å²) in [5.74, 6) is 0.153. The highest BCUT2D eigenvalue weighted by Gasteiger charge is 2.22. The SMILES string of the molecule is O=C(CCCNCc1c(Cl)cccc1Cl)NC1CC1. The van der Waals surface area contributed by atoms with E-state index in [2.05, 4.69) is 10.6 Å². The Labute approximate surface area is 123 Å². The minimum Gasteiger partial charge on any atom is -0.353 e. The molecule has 1 amide bonds. The Hall–Kier alpha value is -0.770. The van der Waals surface area contributed by atoms with Crippen molar-refractivity contribution >= 4 is 29.1 Å². The minimum atomic E-state index is 0.153. The lowest BCUT2D eigenvalue weighted by molar-refractivity contribution is -0.121. The second-order valence-corrected chi connectivity index (χ2v) is 5.64. The maximum absolute atomic E-state index is 11.5. The molecule has 0 saturated heterocycles. The molecule has 0 heterocycles. The van der Waals surface area contributed by atoms with Gasteiger partial charge in [-0.15, -0.1) is 0 Å². The van der Waals surface area contributed by atoms with Gasteiger partial charge in [0, 0.05) is 34.6 Å². The number of nitrogens with one attached hydrogen (secondary N) is 2. The Morgan fingerprint density at radius 2 is 1.95 bits per heavy atom. The molecule has 1 aliphatic carbocycles. The van der Waals surface area contributed by atoms with Crippen LogP contribution in [0.15, 0.2) is 18.2 Å². The van der Waals surface area contributed by atoms with Gasteiger partial charge >= 0.3 is 0 Å². The Morgan fingerprint density at radius 1 is 1.26 bits per heavy atom. The van der Waals surface area contributed by atoms with Crippen LogP contribution in [0.4, 0.5) is 0 Å². The summed E-state index contributed by atoms with van der Waals surface area (Å²) in [7, 11) is 0. The van der Waals surface area contributed by atoms with Crippen LogP contribution in [-0.2, 0) is 11.3 Å². The van der Waals surface area contributed by atoms with Crippen LogP contribution in [-0.4, -0.2) is 18.5 Å². The van der Waals surface area contributed by atoms with Gasteiger partial charge in [0.05, 0.1) is 0 Å². The van der Waals surface area contributed by atoms with Crippen molar-refractivity contribution in [2.75, 3.05) is 6.54 Å². The van der Waals surface area contributed by atoms with Gasteiger partial charge in [0.25, 0.3) is 0 Å². The fourth-order valence-electron chi connectivity index (χ4n) is 1.82. The van der Waals surface area contributed by atoms with Crippen molar-refractivity contribution in [3.63, 3.8) is 0 Å². The topological polar surface area (TPSA) is 41.1 Å². The van der Waals surface area contributed by atoms with Crippen LogP contribution < -0.4 is 10.6 Å². The summed E-state index contributed by atoms with van der Waals surface area (Å²) in [5.41, 5.74) is 0.910. The zero-order chi connectivity index (χ0) is 13.7. The molecule has 0 spiro atoms. The lowest BCUT2D eigenvalue weighted by atomic mass is 10.2. The zero-order valence-corrected chi connectivity index (χ0v) is 12.2. The number of amides is 1. The van der Waals surface area contributed by atoms with Crippen molar-refractivity contribution in [3.8, 4) is 0 Å². The number of halogens is 2. The Bertz CT molecular complexity index is 427. The molecule has 104 valence electrons. The van der Waals surface area contributed by atoms with E-state index >= 15 is 0 Å². The summed E-state index contributed by atoms with van der Waals surface area (Å²) in [6, 6.07) is 5.93. The maximum Gasteiger partial charge on any atom is 0.220 e. The van der Waals surface area contributed by atoms with E-state index in [-0.39, 0.29) is 5.91 Å². The van der Waals surface area contributed by atoms with Gasteiger partial charge in [0.2, 0.25) is 5.91 Å². The second-order valence-electron chi connectivity index (χ2n) is 4.82. The van der Waals surface area contributed by atoms with Gasteiger partial charge in [-0.25, -0.2) is 0 Å². The number of hydrogen-bond acceptors (Lipinski definition) is 2. The second kappa shape index (κ2) is 7.13. The average Bonchev–Trinajstić information content (AvgIpc) is 3.16. The molecule has 0 radical (unpaired) electrons. The third-order valence-corrected chi connectivity index (χ3v) is 3.77. The Kier molecular flexibility index (Phi) is 5.49. The zero-order valence-electron chi connectivity index (χ0n) is 10.7. The van der Waals surface area contributed by atoms with E-state index in [9.17, 15) is 4.79 Å². The van der Waals surface area contributed by atoms with Gasteiger partial charge in [0.15, 0.2) is 0 Å². The standard InChI is InChI=1S/C14H18Cl2N2O/c15-12-3-1-4-13(16)11(12)9-17-8-2-5-14(19)18-10-6-7-10/h1,3-4,10,17H,2,5-9H2,(H,18,19). The number of rotatable bonds is 7. The van der Waals surface area contributed by atoms with E-state index in [1.807, 2.05) is 18.2 Å². The van der Waals surface area contributed by atoms with Crippen LogP contribution in [0.2, 0.25) is 10.0 Å². The molecule has 1 aromatic carbocycles. The molecule has 3 nitrogen and oxygen atoms in total. The van der Waals surface area contributed by atoms with Crippen LogP contribution in [0.25, 0.3) is 0 Å². The van der Waals surface area contributed by atoms with Crippen LogP contribution in [0.3, 0.4) is 0 Å².